The standard InChI is InChI=1S/C12H16F2/c1-4-8(2)9(3)11-6-5-10(13)7-12(11)14/h5-9H,4H2,1-3H3. The third kappa shape index (κ3) is 2.31. The molecule has 0 fully saturated rings. The smallest absolute Gasteiger partial charge is 0.129 e. The molecule has 2 atom stereocenters. The number of benzene rings is 1. The molecular formula is C12H16F2. The van der Waals surface area contributed by atoms with Crippen LogP contribution in [-0.2, 0) is 0 Å². The van der Waals surface area contributed by atoms with E-state index in [-0.39, 0.29) is 5.92 Å². The van der Waals surface area contributed by atoms with E-state index in [2.05, 4.69) is 13.8 Å². The SMILES string of the molecule is CCC(C)C(C)c1ccc(F)cc1F. The lowest BCUT2D eigenvalue weighted by Gasteiger charge is -2.19. The molecule has 2 heteroatoms. The van der Waals surface area contributed by atoms with Gasteiger partial charge in [0, 0.05) is 6.07 Å². The lowest BCUT2D eigenvalue weighted by Crippen LogP contribution is -2.07. The Morgan fingerprint density at radius 2 is 1.86 bits per heavy atom. The lowest BCUT2D eigenvalue weighted by molar-refractivity contribution is 0.451. The molecule has 0 aliphatic heterocycles. The molecule has 0 amide bonds. The summed E-state index contributed by atoms with van der Waals surface area (Å²) in [6, 6.07) is 3.81. The Bertz CT molecular complexity index is 307. The average molecular weight is 198 g/mol. The number of rotatable bonds is 3. The van der Waals surface area contributed by atoms with E-state index in [0.29, 0.717) is 11.5 Å². The first-order valence-electron chi connectivity index (χ1n) is 5.01. The summed E-state index contributed by atoms with van der Waals surface area (Å²) in [7, 11) is 0. The molecule has 2 unspecified atom stereocenters. The van der Waals surface area contributed by atoms with Gasteiger partial charge in [-0.2, -0.15) is 0 Å². The topological polar surface area (TPSA) is 0 Å². The second-order valence-corrected chi connectivity index (χ2v) is 3.84. The van der Waals surface area contributed by atoms with Crippen molar-refractivity contribution in [1.82, 2.24) is 0 Å². The highest BCUT2D eigenvalue weighted by molar-refractivity contribution is 5.22. The van der Waals surface area contributed by atoms with Crippen molar-refractivity contribution in [2.75, 3.05) is 0 Å². The van der Waals surface area contributed by atoms with Crippen LogP contribution in [0, 0.1) is 17.6 Å². The molecule has 14 heavy (non-hydrogen) atoms. The van der Waals surface area contributed by atoms with Gasteiger partial charge in [-0.1, -0.05) is 33.3 Å². The number of hydrogen-bond acceptors (Lipinski definition) is 0. The summed E-state index contributed by atoms with van der Waals surface area (Å²) in [6.07, 6.45) is 0.998. The molecule has 0 aromatic heterocycles. The van der Waals surface area contributed by atoms with E-state index < -0.39 is 11.6 Å². The Balaban J connectivity index is 2.95. The van der Waals surface area contributed by atoms with Gasteiger partial charge in [0.15, 0.2) is 0 Å². The van der Waals surface area contributed by atoms with E-state index in [1.54, 1.807) is 6.07 Å². The largest absolute Gasteiger partial charge is 0.207 e. The van der Waals surface area contributed by atoms with E-state index in [0.717, 1.165) is 12.5 Å². The van der Waals surface area contributed by atoms with Crippen LogP contribution in [0.1, 0.15) is 38.7 Å². The van der Waals surface area contributed by atoms with Gasteiger partial charge in [0.05, 0.1) is 0 Å². The quantitative estimate of drug-likeness (QED) is 0.685. The van der Waals surface area contributed by atoms with Crippen molar-refractivity contribution in [3.63, 3.8) is 0 Å². The fourth-order valence-electron chi connectivity index (χ4n) is 1.53. The summed E-state index contributed by atoms with van der Waals surface area (Å²) in [5.74, 6) is -0.393. The van der Waals surface area contributed by atoms with Crippen molar-refractivity contribution >= 4 is 0 Å². The zero-order valence-corrected chi connectivity index (χ0v) is 8.85. The van der Waals surface area contributed by atoms with Crippen molar-refractivity contribution in [3.05, 3.63) is 35.4 Å². The predicted octanol–water partition coefficient (Wildman–Crippen LogP) is 4.11. The minimum Gasteiger partial charge on any atom is -0.207 e. The van der Waals surface area contributed by atoms with Gasteiger partial charge in [0.25, 0.3) is 0 Å². The van der Waals surface area contributed by atoms with E-state index in [4.69, 9.17) is 0 Å². The maximum absolute atomic E-state index is 13.4. The molecule has 0 N–H and O–H groups in total. The Labute approximate surface area is 84.0 Å². The number of hydrogen-bond donors (Lipinski definition) is 0. The molecule has 78 valence electrons. The summed E-state index contributed by atoms with van der Waals surface area (Å²) >= 11 is 0. The zero-order chi connectivity index (χ0) is 10.7. The molecule has 0 aliphatic rings. The molecule has 1 aromatic rings. The maximum atomic E-state index is 13.4. The molecule has 0 heterocycles. The van der Waals surface area contributed by atoms with Crippen molar-refractivity contribution in [2.45, 2.75) is 33.1 Å². The van der Waals surface area contributed by atoms with Gasteiger partial charge < -0.3 is 0 Å². The highest BCUT2D eigenvalue weighted by atomic mass is 19.1. The van der Waals surface area contributed by atoms with E-state index >= 15 is 0 Å². The normalized spacial score (nSPS) is 15.2. The summed E-state index contributed by atoms with van der Waals surface area (Å²) < 4.78 is 26.0. The molecule has 0 aliphatic carbocycles. The van der Waals surface area contributed by atoms with Crippen LogP contribution in [0.25, 0.3) is 0 Å². The van der Waals surface area contributed by atoms with Crippen LogP contribution in [0.3, 0.4) is 0 Å². The minimum absolute atomic E-state index is 0.139. The van der Waals surface area contributed by atoms with Crippen LogP contribution in [0.2, 0.25) is 0 Å². The molecule has 0 saturated carbocycles. The molecule has 0 nitrogen and oxygen atoms in total. The van der Waals surface area contributed by atoms with Crippen molar-refractivity contribution in [1.29, 1.82) is 0 Å². The Kier molecular flexibility index (Phi) is 3.62. The van der Waals surface area contributed by atoms with Crippen LogP contribution in [0.15, 0.2) is 18.2 Å². The number of halogens is 2. The first-order chi connectivity index (χ1) is 6.56. The van der Waals surface area contributed by atoms with Gasteiger partial charge >= 0.3 is 0 Å². The molecule has 1 aromatic carbocycles. The van der Waals surface area contributed by atoms with Crippen LogP contribution < -0.4 is 0 Å². The fourth-order valence-corrected chi connectivity index (χ4v) is 1.53. The Hall–Kier alpha value is -0.920. The highest BCUT2D eigenvalue weighted by Crippen LogP contribution is 2.28. The van der Waals surface area contributed by atoms with Crippen LogP contribution in [-0.4, -0.2) is 0 Å². The van der Waals surface area contributed by atoms with Crippen LogP contribution in [0.4, 0.5) is 8.78 Å². The fraction of sp³-hybridized carbons (Fsp3) is 0.500. The van der Waals surface area contributed by atoms with Crippen molar-refractivity contribution in [3.8, 4) is 0 Å². The summed E-state index contributed by atoms with van der Waals surface area (Å²) in [5, 5.41) is 0. The van der Waals surface area contributed by atoms with Crippen molar-refractivity contribution < 1.29 is 8.78 Å². The second kappa shape index (κ2) is 4.54. The van der Waals surface area contributed by atoms with E-state index in [1.165, 1.54) is 6.07 Å². The molecule has 0 spiro atoms. The molecular weight excluding hydrogens is 182 g/mol. The van der Waals surface area contributed by atoms with Gasteiger partial charge in [-0.25, -0.2) is 8.78 Å². The minimum atomic E-state index is -0.511. The van der Waals surface area contributed by atoms with Gasteiger partial charge in [0.2, 0.25) is 0 Å². The van der Waals surface area contributed by atoms with Crippen LogP contribution in [0.5, 0.6) is 0 Å². The summed E-state index contributed by atoms with van der Waals surface area (Å²) in [4.78, 5) is 0. The first-order valence-corrected chi connectivity index (χ1v) is 5.01. The lowest BCUT2D eigenvalue weighted by atomic mass is 9.87. The molecule has 0 saturated heterocycles. The van der Waals surface area contributed by atoms with E-state index in [9.17, 15) is 8.78 Å². The predicted molar refractivity (Wildman–Crippen MR) is 54.2 cm³/mol. The highest BCUT2D eigenvalue weighted by Gasteiger charge is 2.16. The molecule has 0 bridgehead atoms. The monoisotopic (exact) mass is 198 g/mol. The second-order valence-electron chi connectivity index (χ2n) is 3.84. The third-order valence-electron chi connectivity index (χ3n) is 2.95. The molecule has 1 rings (SSSR count). The Morgan fingerprint density at radius 1 is 1.21 bits per heavy atom. The van der Waals surface area contributed by atoms with Crippen molar-refractivity contribution in [2.24, 2.45) is 5.92 Å². The molecule has 0 radical (unpaired) electrons. The van der Waals surface area contributed by atoms with Gasteiger partial charge in [-0.3, -0.25) is 0 Å². The first kappa shape index (κ1) is 11.2. The van der Waals surface area contributed by atoms with Gasteiger partial charge in [-0.05, 0) is 23.5 Å². The van der Waals surface area contributed by atoms with Gasteiger partial charge in [0.1, 0.15) is 11.6 Å². The summed E-state index contributed by atoms with van der Waals surface area (Å²) in [5.41, 5.74) is 0.612. The average Bonchev–Trinajstić information content (AvgIpc) is 2.15. The summed E-state index contributed by atoms with van der Waals surface area (Å²) in [6.45, 7) is 6.13. The van der Waals surface area contributed by atoms with Crippen LogP contribution >= 0.6 is 0 Å². The zero-order valence-electron chi connectivity index (χ0n) is 8.85. The maximum Gasteiger partial charge on any atom is 0.129 e. The van der Waals surface area contributed by atoms with E-state index in [1.807, 2.05) is 6.92 Å². The van der Waals surface area contributed by atoms with Gasteiger partial charge in [-0.15, -0.1) is 0 Å². The third-order valence-corrected chi connectivity index (χ3v) is 2.95. The Morgan fingerprint density at radius 3 is 2.36 bits per heavy atom.